The van der Waals surface area contributed by atoms with Crippen LogP contribution >= 0.6 is 11.3 Å². The molecular formula is C27H24N2O5S. The highest BCUT2D eigenvalue weighted by Crippen LogP contribution is 2.32. The molecule has 1 aromatic heterocycles. The molecule has 7 nitrogen and oxygen atoms in total. The van der Waals surface area contributed by atoms with Crippen LogP contribution in [0, 0.1) is 0 Å². The van der Waals surface area contributed by atoms with E-state index in [1.165, 1.54) is 11.3 Å². The Kier molecular flexibility index (Phi) is 7.84. The molecule has 0 aliphatic carbocycles. The van der Waals surface area contributed by atoms with E-state index in [2.05, 4.69) is 10.3 Å². The minimum atomic E-state index is -0.611. The van der Waals surface area contributed by atoms with Crippen molar-refractivity contribution in [3.63, 3.8) is 0 Å². The molecule has 0 fully saturated rings. The number of carbonyl (C=O) groups excluding carboxylic acids is 3. The molecule has 1 N–H and O–H groups in total. The summed E-state index contributed by atoms with van der Waals surface area (Å²) in [6.45, 7) is 1.94. The predicted octanol–water partition coefficient (Wildman–Crippen LogP) is 5.72. The van der Waals surface area contributed by atoms with Gasteiger partial charge in [-0.15, -0.1) is 11.3 Å². The second-order valence-electron chi connectivity index (χ2n) is 7.72. The number of unbranched alkanes of at least 4 members (excludes halogenated alkanes) is 1. The molecule has 0 spiro atoms. The van der Waals surface area contributed by atoms with E-state index in [1.54, 1.807) is 36.4 Å². The third-order valence-corrected chi connectivity index (χ3v) is 6.21. The summed E-state index contributed by atoms with van der Waals surface area (Å²) in [6.07, 6.45) is 1.75. The third-order valence-electron chi connectivity index (χ3n) is 5.14. The van der Waals surface area contributed by atoms with Crippen LogP contribution in [0.1, 0.15) is 40.5 Å². The lowest BCUT2D eigenvalue weighted by atomic mass is 10.1. The van der Waals surface area contributed by atoms with Crippen LogP contribution in [0.2, 0.25) is 0 Å². The van der Waals surface area contributed by atoms with Gasteiger partial charge >= 0.3 is 11.9 Å². The Bertz CT molecular complexity index is 1310. The molecule has 178 valence electrons. The minimum Gasteiger partial charge on any atom is -0.462 e. The first-order valence-corrected chi connectivity index (χ1v) is 12.1. The van der Waals surface area contributed by atoms with Gasteiger partial charge in [0.15, 0.2) is 6.61 Å². The Labute approximate surface area is 206 Å². The van der Waals surface area contributed by atoms with Gasteiger partial charge in [-0.1, -0.05) is 43.7 Å². The van der Waals surface area contributed by atoms with E-state index in [0.29, 0.717) is 34.0 Å². The first kappa shape index (κ1) is 24.1. The van der Waals surface area contributed by atoms with E-state index in [1.807, 2.05) is 43.3 Å². The third kappa shape index (κ3) is 6.10. The highest BCUT2D eigenvalue weighted by Gasteiger charge is 2.18. The Morgan fingerprint density at radius 3 is 2.40 bits per heavy atom. The van der Waals surface area contributed by atoms with Crippen LogP contribution in [0.3, 0.4) is 0 Å². The van der Waals surface area contributed by atoms with Crippen molar-refractivity contribution < 1.29 is 23.9 Å². The van der Waals surface area contributed by atoms with Crippen LogP contribution in [0.15, 0.2) is 72.8 Å². The number of benzene rings is 3. The summed E-state index contributed by atoms with van der Waals surface area (Å²) in [5.74, 6) is -1.51. The number of carbonyl (C=O) groups is 3. The number of esters is 2. The Morgan fingerprint density at radius 2 is 1.63 bits per heavy atom. The van der Waals surface area contributed by atoms with Gasteiger partial charge in [0.2, 0.25) is 0 Å². The summed E-state index contributed by atoms with van der Waals surface area (Å²) in [7, 11) is 0. The van der Waals surface area contributed by atoms with Gasteiger partial charge in [-0.2, -0.15) is 0 Å². The number of anilines is 1. The van der Waals surface area contributed by atoms with Gasteiger partial charge in [-0.05, 0) is 48.9 Å². The quantitative estimate of drug-likeness (QED) is 0.239. The highest BCUT2D eigenvalue weighted by molar-refractivity contribution is 7.21. The maximum Gasteiger partial charge on any atom is 0.339 e. The molecule has 0 saturated carbocycles. The first-order valence-electron chi connectivity index (χ1n) is 11.2. The lowest BCUT2D eigenvalue weighted by molar-refractivity contribution is -0.119. The maximum atomic E-state index is 12.8. The summed E-state index contributed by atoms with van der Waals surface area (Å²) in [6, 6.07) is 21.1. The summed E-state index contributed by atoms with van der Waals surface area (Å²) in [5, 5.41) is 3.36. The van der Waals surface area contributed by atoms with Crippen molar-refractivity contribution in [1.82, 2.24) is 4.98 Å². The number of thiazole rings is 1. The lowest BCUT2D eigenvalue weighted by Crippen LogP contribution is -2.21. The van der Waals surface area contributed by atoms with Gasteiger partial charge in [0, 0.05) is 11.3 Å². The fraction of sp³-hybridized carbons (Fsp3) is 0.185. The topological polar surface area (TPSA) is 94.6 Å². The van der Waals surface area contributed by atoms with E-state index < -0.39 is 24.5 Å². The number of amides is 1. The molecule has 8 heteroatoms. The molecule has 4 aromatic rings. The monoisotopic (exact) mass is 488 g/mol. The first-order chi connectivity index (χ1) is 17.0. The second-order valence-corrected chi connectivity index (χ2v) is 8.75. The average Bonchev–Trinajstić information content (AvgIpc) is 3.32. The molecule has 0 radical (unpaired) electrons. The van der Waals surface area contributed by atoms with Crippen molar-refractivity contribution >= 4 is 45.1 Å². The highest BCUT2D eigenvalue weighted by atomic mass is 32.1. The van der Waals surface area contributed by atoms with Crippen LogP contribution in [0.25, 0.3) is 20.8 Å². The molecule has 1 heterocycles. The van der Waals surface area contributed by atoms with Gasteiger partial charge in [0.1, 0.15) is 5.01 Å². The summed E-state index contributed by atoms with van der Waals surface area (Å²) in [4.78, 5) is 41.7. The van der Waals surface area contributed by atoms with Crippen LogP contribution in [-0.4, -0.2) is 36.0 Å². The fourth-order valence-electron chi connectivity index (χ4n) is 3.32. The number of ether oxygens (including phenoxy) is 2. The second kappa shape index (κ2) is 11.4. The number of hydrogen-bond acceptors (Lipinski definition) is 7. The van der Waals surface area contributed by atoms with Crippen LogP contribution in [0.4, 0.5) is 5.69 Å². The molecule has 0 aliphatic rings. The van der Waals surface area contributed by atoms with Crippen molar-refractivity contribution in [2.24, 2.45) is 0 Å². The Morgan fingerprint density at radius 1 is 0.886 bits per heavy atom. The van der Waals surface area contributed by atoms with Gasteiger partial charge in [0.05, 0.1) is 28.0 Å². The predicted molar refractivity (Wildman–Crippen MR) is 136 cm³/mol. The molecule has 0 atom stereocenters. The smallest absolute Gasteiger partial charge is 0.339 e. The largest absolute Gasteiger partial charge is 0.462 e. The summed E-state index contributed by atoms with van der Waals surface area (Å²) >= 11 is 1.49. The number of nitrogens with one attached hydrogen (secondary N) is 1. The SMILES string of the molecule is CCCCOC(=O)c1ccc(NC(=O)COC(=O)c2ccccc2-c2nc3ccccc3s2)cc1. The van der Waals surface area contributed by atoms with Gasteiger partial charge < -0.3 is 14.8 Å². The van der Waals surface area contributed by atoms with Gasteiger partial charge in [-0.25, -0.2) is 14.6 Å². The van der Waals surface area contributed by atoms with Crippen molar-refractivity contribution in [3.8, 4) is 10.6 Å². The Hall–Kier alpha value is -4.04. The molecule has 0 bridgehead atoms. The zero-order chi connectivity index (χ0) is 24.6. The molecular weight excluding hydrogens is 464 g/mol. The van der Waals surface area contributed by atoms with E-state index in [-0.39, 0.29) is 0 Å². The van der Waals surface area contributed by atoms with Crippen LogP contribution in [0.5, 0.6) is 0 Å². The molecule has 1 amide bonds. The number of para-hydroxylation sites is 1. The molecule has 4 rings (SSSR count). The van der Waals surface area contributed by atoms with E-state index in [9.17, 15) is 14.4 Å². The minimum absolute atomic E-state index is 0.338. The Balaban J connectivity index is 1.35. The van der Waals surface area contributed by atoms with Crippen molar-refractivity contribution in [3.05, 3.63) is 83.9 Å². The average molecular weight is 489 g/mol. The summed E-state index contributed by atoms with van der Waals surface area (Å²) in [5.41, 5.74) is 2.73. The van der Waals surface area contributed by atoms with Gasteiger partial charge in [-0.3, -0.25) is 4.79 Å². The molecule has 3 aromatic carbocycles. The van der Waals surface area contributed by atoms with Crippen LogP contribution in [-0.2, 0) is 14.3 Å². The summed E-state index contributed by atoms with van der Waals surface area (Å²) < 4.78 is 11.5. The van der Waals surface area contributed by atoms with Crippen molar-refractivity contribution in [2.75, 3.05) is 18.5 Å². The zero-order valence-corrected chi connectivity index (χ0v) is 20.0. The standard InChI is InChI=1S/C27H24N2O5S/c1-2-3-16-33-26(31)18-12-14-19(15-13-18)28-24(30)17-34-27(32)21-9-5-4-8-20(21)25-29-22-10-6-7-11-23(22)35-25/h4-15H,2-3,16-17H2,1H3,(H,28,30). The molecule has 0 saturated heterocycles. The van der Waals surface area contributed by atoms with Crippen LogP contribution < -0.4 is 5.32 Å². The normalized spacial score (nSPS) is 10.7. The van der Waals surface area contributed by atoms with E-state index >= 15 is 0 Å². The zero-order valence-electron chi connectivity index (χ0n) is 19.2. The van der Waals surface area contributed by atoms with Gasteiger partial charge in [0.25, 0.3) is 5.91 Å². The lowest BCUT2D eigenvalue weighted by Gasteiger charge is -2.09. The number of nitrogens with zero attached hydrogens (tertiary/aromatic N) is 1. The molecule has 35 heavy (non-hydrogen) atoms. The fourth-order valence-corrected chi connectivity index (χ4v) is 4.33. The number of aromatic nitrogens is 1. The number of fused-ring (bicyclic) bond motifs is 1. The molecule has 0 unspecified atom stereocenters. The van der Waals surface area contributed by atoms with E-state index in [0.717, 1.165) is 23.1 Å². The van der Waals surface area contributed by atoms with Crippen molar-refractivity contribution in [2.45, 2.75) is 19.8 Å². The van der Waals surface area contributed by atoms with Crippen molar-refractivity contribution in [1.29, 1.82) is 0 Å². The number of hydrogen-bond donors (Lipinski definition) is 1. The number of rotatable bonds is 9. The maximum absolute atomic E-state index is 12.8. The van der Waals surface area contributed by atoms with E-state index in [4.69, 9.17) is 9.47 Å². The molecule has 0 aliphatic heterocycles.